The standard InChI is InChI=1S/C19H21N3O2/c20-13-2-1-3-16(10-13)24-15-7-4-12(5-8-15)19(23)22-18-11-14-6-9-17(18)21-14/h1-5,7-8,10,14,17-18,21H,6,9,11,20H2,(H,22,23). The van der Waals surface area contributed by atoms with E-state index in [-0.39, 0.29) is 11.9 Å². The van der Waals surface area contributed by atoms with E-state index < -0.39 is 0 Å². The van der Waals surface area contributed by atoms with Crippen molar-refractivity contribution >= 4 is 11.6 Å². The summed E-state index contributed by atoms with van der Waals surface area (Å²) < 4.78 is 5.75. The SMILES string of the molecule is Nc1cccc(Oc2ccc(C(=O)NC3CC4CCC3N4)cc2)c1. The lowest BCUT2D eigenvalue weighted by Gasteiger charge is -2.21. The predicted octanol–water partition coefficient (Wildman–Crippen LogP) is 2.68. The molecule has 2 heterocycles. The second-order valence-electron chi connectivity index (χ2n) is 6.56. The van der Waals surface area contributed by atoms with E-state index in [9.17, 15) is 4.79 Å². The Balaban J connectivity index is 1.39. The summed E-state index contributed by atoms with van der Waals surface area (Å²) in [6, 6.07) is 15.7. The molecular weight excluding hydrogens is 302 g/mol. The van der Waals surface area contributed by atoms with Gasteiger partial charge in [0.25, 0.3) is 5.91 Å². The summed E-state index contributed by atoms with van der Waals surface area (Å²) in [7, 11) is 0. The molecule has 1 amide bonds. The lowest BCUT2D eigenvalue weighted by atomic mass is 9.95. The maximum atomic E-state index is 12.4. The van der Waals surface area contributed by atoms with Crippen LogP contribution in [0.2, 0.25) is 0 Å². The van der Waals surface area contributed by atoms with Gasteiger partial charge in [-0.1, -0.05) is 6.07 Å². The van der Waals surface area contributed by atoms with Crippen molar-refractivity contribution in [1.82, 2.24) is 10.6 Å². The number of nitrogens with one attached hydrogen (secondary N) is 2. The zero-order chi connectivity index (χ0) is 16.5. The van der Waals surface area contributed by atoms with E-state index in [1.165, 1.54) is 6.42 Å². The molecule has 3 unspecified atom stereocenters. The molecule has 0 spiro atoms. The minimum absolute atomic E-state index is 0.0233. The summed E-state index contributed by atoms with van der Waals surface area (Å²) in [4.78, 5) is 12.4. The van der Waals surface area contributed by atoms with Crippen LogP contribution in [-0.4, -0.2) is 24.0 Å². The van der Waals surface area contributed by atoms with Gasteiger partial charge in [-0.25, -0.2) is 0 Å². The fourth-order valence-electron chi connectivity index (χ4n) is 3.62. The van der Waals surface area contributed by atoms with Gasteiger partial charge in [-0.3, -0.25) is 4.79 Å². The fraction of sp³-hybridized carbons (Fsp3) is 0.316. The molecule has 2 aliphatic rings. The van der Waals surface area contributed by atoms with E-state index >= 15 is 0 Å². The lowest BCUT2D eigenvalue weighted by Crippen LogP contribution is -2.42. The van der Waals surface area contributed by atoms with Crippen molar-refractivity contribution in [3.05, 3.63) is 54.1 Å². The number of nitrogens with two attached hydrogens (primary N) is 1. The Labute approximate surface area is 141 Å². The van der Waals surface area contributed by atoms with Crippen molar-refractivity contribution in [2.75, 3.05) is 5.73 Å². The average Bonchev–Trinajstić information content (AvgIpc) is 3.18. The van der Waals surface area contributed by atoms with Crippen molar-refractivity contribution in [1.29, 1.82) is 0 Å². The first kappa shape index (κ1) is 15.0. The number of carbonyl (C=O) groups excluding carboxylic acids is 1. The summed E-state index contributed by atoms with van der Waals surface area (Å²) in [5.74, 6) is 1.34. The topological polar surface area (TPSA) is 76.4 Å². The molecule has 0 saturated carbocycles. The minimum atomic E-state index is -0.0233. The molecule has 4 N–H and O–H groups in total. The molecule has 2 aromatic rings. The van der Waals surface area contributed by atoms with Crippen molar-refractivity contribution in [3.63, 3.8) is 0 Å². The monoisotopic (exact) mass is 323 g/mol. The molecule has 0 radical (unpaired) electrons. The number of hydrogen-bond acceptors (Lipinski definition) is 4. The third-order valence-corrected chi connectivity index (χ3v) is 4.83. The molecule has 2 aliphatic heterocycles. The van der Waals surface area contributed by atoms with E-state index in [0.29, 0.717) is 34.8 Å². The van der Waals surface area contributed by atoms with E-state index in [2.05, 4.69) is 10.6 Å². The highest BCUT2D eigenvalue weighted by Crippen LogP contribution is 2.28. The van der Waals surface area contributed by atoms with Gasteiger partial charge in [0.1, 0.15) is 11.5 Å². The Morgan fingerprint density at radius 3 is 2.62 bits per heavy atom. The molecule has 0 aromatic heterocycles. The van der Waals surface area contributed by atoms with Crippen LogP contribution in [0.1, 0.15) is 29.6 Å². The molecular formula is C19H21N3O2. The summed E-state index contributed by atoms with van der Waals surface area (Å²) >= 11 is 0. The Morgan fingerprint density at radius 2 is 1.96 bits per heavy atom. The number of amides is 1. The van der Waals surface area contributed by atoms with Gasteiger partial charge < -0.3 is 21.1 Å². The van der Waals surface area contributed by atoms with Crippen molar-refractivity contribution in [2.45, 2.75) is 37.4 Å². The first-order valence-corrected chi connectivity index (χ1v) is 8.38. The first-order valence-electron chi connectivity index (χ1n) is 8.38. The highest BCUT2D eigenvalue weighted by Gasteiger charge is 2.39. The van der Waals surface area contributed by atoms with E-state index in [1.54, 1.807) is 30.3 Å². The Morgan fingerprint density at radius 1 is 1.12 bits per heavy atom. The maximum Gasteiger partial charge on any atom is 0.251 e. The molecule has 2 aromatic carbocycles. The zero-order valence-electron chi connectivity index (χ0n) is 13.4. The van der Waals surface area contributed by atoms with Crippen LogP contribution >= 0.6 is 0 Å². The second-order valence-corrected chi connectivity index (χ2v) is 6.56. The number of fused-ring (bicyclic) bond motifs is 2. The fourth-order valence-corrected chi connectivity index (χ4v) is 3.62. The molecule has 5 heteroatoms. The van der Waals surface area contributed by atoms with Crippen LogP contribution < -0.4 is 21.1 Å². The quantitative estimate of drug-likeness (QED) is 0.756. The predicted molar refractivity (Wildman–Crippen MR) is 93.2 cm³/mol. The molecule has 2 bridgehead atoms. The third-order valence-electron chi connectivity index (χ3n) is 4.83. The van der Waals surface area contributed by atoms with E-state index in [4.69, 9.17) is 10.5 Å². The van der Waals surface area contributed by atoms with Crippen molar-refractivity contribution < 1.29 is 9.53 Å². The van der Waals surface area contributed by atoms with Crippen LogP contribution in [0.5, 0.6) is 11.5 Å². The maximum absolute atomic E-state index is 12.4. The number of rotatable bonds is 4. The normalized spacial score (nSPS) is 24.8. The molecule has 24 heavy (non-hydrogen) atoms. The van der Waals surface area contributed by atoms with E-state index in [0.717, 1.165) is 12.8 Å². The Bertz CT molecular complexity index is 745. The number of benzene rings is 2. The molecule has 0 aliphatic carbocycles. The summed E-state index contributed by atoms with van der Waals surface area (Å²) in [6.07, 6.45) is 3.42. The molecule has 4 rings (SSSR count). The smallest absolute Gasteiger partial charge is 0.251 e. The molecule has 5 nitrogen and oxygen atoms in total. The number of ether oxygens (including phenoxy) is 1. The second kappa shape index (κ2) is 6.17. The van der Waals surface area contributed by atoms with Gasteiger partial charge in [0.2, 0.25) is 0 Å². The lowest BCUT2D eigenvalue weighted by molar-refractivity contribution is 0.0931. The van der Waals surface area contributed by atoms with Gasteiger partial charge in [0.15, 0.2) is 0 Å². The van der Waals surface area contributed by atoms with Gasteiger partial charge in [0, 0.05) is 35.4 Å². The van der Waals surface area contributed by atoms with Crippen LogP contribution in [0.3, 0.4) is 0 Å². The van der Waals surface area contributed by atoms with Gasteiger partial charge in [-0.2, -0.15) is 0 Å². The number of nitrogen functional groups attached to an aromatic ring is 1. The largest absolute Gasteiger partial charge is 0.457 e. The van der Waals surface area contributed by atoms with Gasteiger partial charge in [-0.05, 0) is 55.7 Å². The highest BCUT2D eigenvalue weighted by atomic mass is 16.5. The average molecular weight is 323 g/mol. The molecule has 124 valence electrons. The summed E-state index contributed by atoms with van der Waals surface area (Å²) in [5, 5.41) is 6.68. The Kier molecular flexibility index (Phi) is 3.86. The van der Waals surface area contributed by atoms with E-state index in [1.807, 2.05) is 18.2 Å². The zero-order valence-corrected chi connectivity index (χ0v) is 13.4. The van der Waals surface area contributed by atoms with Crippen molar-refractivity contribution in [2.24, 2.45) is 0 Å². The minimum Gasteiger partial charge on any atom is -0.457 e. The first-order chi connectivity index (χ1) is 11.7. The number of carbonyl (C=O) groups is 1. The van der Waals surface area contributed by atoms with Crippen LogP contribution in [0, 0.1) is 0 Å². The van der Waals surface area contributed by atoms with Gasteiger partial charge in [0.05, 0.1) is 0 Å². The summed E-state index contributed by atoms with van der Waals surface area (Å²) in [6.45, 7) is 0. The van der Waals surface area contributed by atoms with Gasteiger partial charge in [-0.15, -0.1) is 0 Å². The van der Waals surface area contributed by atoms with Crippen molar-refractivity contribution in [3.8, 4) is 11.5 Å². The van der Waals surface area contributed by atoms with Crippen LogP contribution in [-0.2, 0) is 0 Å². The number of hydrogen-bond donors (Lipinski definition) is 3. The molecule has 2 saturated heterocycles. The van der Waals surface area contributed by atoms with Crippen LogP contribution in [0.25, 0.3) is 0 Å². The van der Waals surface area contributed by atoms with Gasteiger partial charge >= 0.3 is 0 Å². The molecule has 2 fully saturated rings. The Hall–Kier alpha value is -2.53. The summed E-state index contributed by atoms with van der Waals surface area (Å²) in [5.41, 5.74) is 7.05. The number of anilines is 1. The van der Waals surface area contributed by atoms with Crippen LogP contribution in [0.15, 0.2) is 48.5 Å². The molecule has 3 atom stereocenters. The third kappa shape index (κ3) is 3.08. The van der Waals surface area contributed by atoms with Crippen LogP contribution in [0.4, 0.5) is 5.69 Å². The highest BCUT2D eigenvalue weighted by molar-refractivity contribution is 5.94.